The first-order chi connectivity index (χ1) is 11.6. The normalized spacial score (nSPS) is 10.8. The van der Waals surface area contributed by atoms with Crippen molar-refractivity contribution in [3.8, 4) is 28.7 Å². The third-order valence-electron chi connectivity index (χ3n) is 3.31. The first kappa shape index (κ1) is 15.4. The molecule has 0 aliphatic heterocycles. The van der Waals surface area contributed by atoms with Gasteiger partial charge in [-0.25, -0.2) is 0 Å². The van der Waals surface area contributed by atoms with Crippen LogP contribution in [0.15, 0.2) is 71.7 Å². The monoisotopic (exact) mass is 321 g/mol. The van der Waals surface area contributed by atoms with Crippen LogP contribution in [0.2, 0.25) is 0 Å². The maximum absolute atomic E-state index is 9.78. The molecular weight excluding hydrogens is 306 g/mol. The molecule has 0 atom stereocenters. The number of hydrogen-bond donors (Lipinski definition) is 3. The van der Waals surface area contributed by atoms with Gasteiger partial charge in [0.1, 0.15) is 11.5 Å². The van der Waals surface area contributed by atoms with Crippen LogP contribution in [-0.4, -0.2) is 21.5 Å². The van der Waals surface area contributed by atoms with Crippen molar-refractivity contribution in [3.63, 3.8) is 0 Å². The summed E-state index contributed by atoms with van der Waals surface area (Å²) in [5.41, 5.74) is 0.912. The Labute approximate surface area is 138 Å². The number of rotatable bonds is 4. The van der Waals surface area contributed by atoms with E-state index in [1.54, 1.807) is 18.2 Å². The van der Waals surface area contributed by atoms with Gasteiger partial charge in [0.2, 0.25) is 5.75 Å². The van der Waals surface area contributed by atoms with Crippen molar-refractivity contribution in [1.82, 2.24) is 0 Å². The van der Waals surface area contributed by atoms with Crippen molar-refractivity contribution < 1.29 is 20.1 Å². The molecule has 0 saturated heterocycles. The van der Waals surface area contributed by atoms with Gasteiger partial charge in [-0.05, 0) is 36.4 Å². The van der Waals surface area contributed by atoms with Crippen molar-refractivity contribution >= 4 is 11.9 Å². The van der Waals surface area contributed by atoms with E-state index < -0.39 is 11.5 Å². The number of para-hydroxylation sites is 1. The first-order valence-corrected chi connectivity index (χ1v) is 7.24. The topological polar surface area (TPSA) is 82.3 Å². The quantitative estimate of drug-likeness (QED) is 0.493. The summed E-state index contributed by atoms with van der Waals surface area (Å²) in [6, 6.07) is 19.3. The lowest BCUT2D eigenvalue weighted by atomic mass is 10.2. The number of benzene rings is 3. The Kier molecular flexibility index (Phi) is 4.34. The molecule has 3 aromatic carbocycles. The molecule has 5 nitrogen and oxygen atoms in total. The fourth-order valence-corrected chi connectivity index (χ4v) is 2.08. The minimum Gasteiger partial charge on any atom is -0.504 e. The Balaban J connectivity index is 1.81. The van der Waals surface area contributed by atoms with Crippen LogP contribution >= 0.6 is 0 Å². The maximum atomic E-state index is 9.78. The van der Waals surface area contributed by atoms with E-state index in [0.717, 1.165) is 5.75 Å². The summed E-state index contributed by atoms with van der Waals surface area (Å²) in [6.45, 7) is 0. The zero-order valence-electron chi connectivity index (χ0n) is 12.6. The number of phenolic OH excluding ortho intramolecular Hbond substituents is 3. The molecule has 24 heavy (non-hydrogen) atoms. The van der Waals surface area contributed by atoms with Gasteiger partial charge in [-0.3, -0.25) is 4.99 Å². The second-order valence-corrected chi connectivity index (χ2v) is 5.04. The zero-order chi connectivity index (χ0) is 16.9. The van der Waals surface area contributed by atoms with Gasteiger partial charge in [0.15, 0.2) is 11.5 Å². The molecule has 0 fully saturated rings. The lowest BCUT2D eigenvalue weighted by Gasteiger charge is -2.06. The molecule has 0 unspecified atom stereocenters. The highest BCUT2D eigenvalue weighted by Gasteiger charge is 2.09. The highest BCUT2D eigenvalue weighted by molar-refractivity contribution is 5.87. The third kappa shape index (κ3) is 3.47. The van der Waals surface area contributed by atoms with Gasteiger partial charge < -0.3 is 20.1 Å². The van der Waals surface area contributed by atoms with Gasteiger partial charge in [-0.15, -0.1) is 0 Å². The molecule has 0 bridgehead atoms. The number of nitrogens with zero attached hydrogens (tertiary/aromatic N) is 1. The van der Waals surface area contributed by atoms with Gasteiger partial charge in [-0.2, -0.15) is 0 Å². The predicted molar refractivity (Wildman–Crippen MR) is 91.6 cm³/mol. The lowest BCUT2D eigenvalue weighted by Crippen LogP contribution is -1.84. The van der Waals surface area contributed by atoms with Gasteiger partial charge >= 0.3 is 0 Å². The first-order valence-electron chi connectivity index (χ1n) is 7.24. The third-order valence-corrected chi connectivity index (χ3v) is 3.31. The van der Waals surface area contributed by atoms with Gasteiger partial charge in [-0.1, -0.05) is 24.3 Å². The van der Waals surface area contributed by atoms with Crippen molar-refractivity contribution in [2.24, 2.45) is 4.99 Å². The van der Waals surface area contributed by atoms with Crippen LogP contribution in [-0.2, 0) is 0 Å². The van der Waals surface area contributed by atoms with Gasteiger partial charge in [0, 0.05) is 17.8 Å². The van der Waals surface area contributed by atoms with E-state index >= 15 is 0 Å². The molecular formula is C19H15NO4. The second-order valence-electron chi connectivity index (χ2n) is 5.04. The van der Waals surface area contributed by atoms with Crippen LogP contribution in [0, 0.1) is 0 Å². The fourth-order valence-electron chi connectivity index (χ4n) is 2.08. The van der Waals surface area contributed by atoms with Crippen molar-refractivity contribution in [1.29, 1.82) is 0 Å². The van der Waals surface area contributed by atoms with E-state index in [0.29, 0.717) is 17.0 Å². The smallest absolute Gasteiger partial charge is 0.200 e. The molecule has 5 heteroatoms. The Morgan fingerprint density at radius 1 is 0.750 bits per heavy atom. The van der Waals surface area contributed by atoms with Crippen LogP contribution in [0.1, 0.15) is 5.56 Å². The van der Waals surface area contributed by atoms with E-state index in [2.05, 4.69) is 4.99 Å². The van der Waals surface area contributed by atoms with E-state index in [4.69, 9.17) is 4.74 Å². The number of ether oxygens (including phenoxy) is 1. The lowest BCUT2D eigenvalue weighted by molar-refractivity contribution is 0.367. The number of aromatic hydroxyl groups is 3. The second kappa shape index (κ2) is 6.75. The molecule has 0 radical (unpaired) electrons. The average molecular weight is 321 g/mol. The molecule has 3 N–H and O–H groups in total. The number of phenols is 3. The summed E-state index contributed by atoms with van der Waals surface area (Å²) in [4.78, 5) is 4.25. The predicted octanol–water partition coefficient (Wildman–Crippen LogP) is 4.35. The van der Waals surface area contributed by atoms with E-state index in [1.807, 2.05) is 36.4 Å². The molecule has 0 spiro atoms. The minimum absolute atomic E-state index is 0.291. The number of hydrogen-bond acceptors (Lipinski definition) is 5. The average Bonchev–Trinajstić information content (AvgIpc) is 2.60. The fraction of sp³-hybridized carbons (Fsp3) is 0. The van der Waals surface area contributed by atoms with Crippen molar-refractivity contribution in [3.05, 3.63) is 72.3 Å². The largest absolute Gasteiger partial charge is 0.504 e. The molecule has 120 valence electrons. The van der Waals surface area contributed by atoms with Gasteiger partial charge in [0.25, 0.3) is 0 Å². The molecule has 0 aliphatic rings. The van der Waals surface area contributed by atoms with Crippen molar-refractivity contribution in [2.75, 3.05) is 0 Å². The Bertz CT molecular complexity index is 876. The highest BCUT2D eigenvalue weighted by Crippen LogP contribution is 2.36. The highest BCUT2D eigenvalue weighted by atomic mass is 16.5. The summed E-state index contributed by atoms with van der Waals surface area (Å²) in [7, 11) is 0. The van der Waals surface area contributed by atoms with Crippen LogP contribution in [0.25, 0.3) is 0 Å². The van der Waals surface area contributed by atoms with Gasteiger partial charge in [0.05, 0.1) is 5.69 Å². The summed E-state index contributed by atoms with van der Waals surface area (Å²) >= 11 is 0. The number of aliphatic imine (C=N–C) groups is 1. The van der Waals surface area contributed by atoms with Crippen molar-refractivity contribution in [2.45, 2.75) is 0 Å². The Morgan fingerprint density at radius 2 is 1.50 bits per heavy atom. The van der Waals surface area contributed by atoms with E-state index in [9.17, 15) is 15.3 Å². The zero-order valence-corrected chi connectivity index (χ0v) is 12.6. The van der Waals surface area contributed by atoms with E-state index in [-0.39, 0.29) is 5.75 Å². The molecule has 0 heterocycles. The van der Waals surface area contributed by atoms with Crippen LogP contribution in [0.4, 0.5) is 5.69 Å². The molecule has 0 amide bonds. The minimum atomic E-state index is -0.569. The Morgan fingerprint density at radius 3 is 2.29 bits per heavy atom. The maximum Gasteiger partial charge on any atom is 0.200 e. The molecule has 3 aromatic rings. The summed E-state index contributed by atoms with van der Waals surface area (Å²) in [5, 5.41) is 28.6. The summed E-state index contributed by atoms with van der Waals surface area (Å²) in [6.07, 6.45) is 1.40. The van der Waals surface area contributed by atoms with Crippen LogP contribution in [0.3, 0.4) is 0 Å². The SMILES string of the molecule is Oc1ccc(C=Nc2cccc(Oc3ccccc3)c2)c(O)c1O. The summed E-state index contributed by atoms with van der Waals surface area (Å²) < 4.78 is 5.73. The van der Waals surface area contributed by atoms with Crippen LogP contribution < -0.4 is 4.74 Å². The van der Waals surface area contributed by atoms with E-state index in [1.165, 1.54) is 18.3 Å². The Hall–Kier alpha value is -3.47. The molecule has 0 aliphatic carbocycles. The standard InChI is InChI=1S/C19H15NO4/c21-17-10-9-13(18(22)19(17)23)12-20-14-5-4-8-16(11-14)24-15-6-2-1-3-7-15/h1-12,21-23H. The molecule has 0 saturated carbocycles. The van der Waals surface area contributed by atoms with Crippen LogP contribution in [0.5, 0.6) is 28.7 Å². The molecule has 0 aromatic heterocycles. The summed E-state index contributed by atoms with van der Waals surface area (Å²) in [5.74, 6) is -0.0215. The molecule has 3 rings (SSSR count).